The van der Waals surface area contributed by atoms with Gasteiger partial charge in [-0.2, -0.15) is 0 Å². The van der Waals surface area contributed by atoms with Crippen molar-refractivity contribution in [1.29, 1.82) is 0 Å². The predicted octanol–water partition coefficient (Wildman–Crippen LogP) is 0.618. The lowest BCUT2D eigenvalue weighted by atomic mass is 10.1. The molecule has 2 aliphatic rings. The summed E-state index contributed by atoms with van der Waals surface area (Å²) in [6, 6.07) is 0.355. The van der Waals surface area contributed by atoms with Crippen LogP contribution in [-0.4, -0.2) is 43.4 Å². The second-order valence-corrected chi connectivity index (χ2v) is 3.15. The molecule has 12 heavy (non-hydrogen) atoms. The average molecular weight is 171 g/mol. The molecule has 0 aliphatic carbocycles. The van der Waals surface area contributed by atoms with Crippen molar-refractivity contribution < 1.29 is 14.3 Å². The molecule has 0 radical (unpaired) electrons. The fraction of sp³-hybridized carbons (Fsp3) is 0.875. The fourth-order valence-corrected chi connectivity index (χ4v) is 1.73. The number of carbonyl (C=O) groups excluding carboxylic acids is 1. The van der Waals surface area contributed by atoms with Crippen LogP contribution in [0.15, 0.2) is 0 Å². The van der Waals surface area contributed by atoms with Gasteiger partial charge in [-0.1, -0.05) is 0 Å². The zero-order chi connectivity index (χ0) is 8.39. The first kappa shape index (κ1) is 7.86. The van der Waals surface area contributed by atoms with Gasteiger partial charge in [-0.15, -0.1) is 0 Å². The molecule has 0 atom stereocenters. The van der Waals surface area contributed by atoms with Gasteiger partial charge in [-0.05, 0) is 12.8 Å². The minimum absolute atomic E-state index is 0.151. The molecule has 0 N–H and O–H groups in total. The molecule has 4 nitrogen and oxygen atoms in total. The van der Waals surface area contributed by atoms with Gasteiger partial charge in [0, 0.05) is 19.3 Å². The molecular weight excluding hydrogens is 158 g/mol. The van der Waals surface area contributed by atoms with E-state index in [9.17, 15) is 4.79 Å². The highest BCUT2D eigenvalue weighted by Gasteiger charge is 2.30. The third kappa shape index (κ3) is 1.39. The largest absolute Gasteiger partial charge is 0.448 e. The minimum Gasteiger partial charge on any atom is -0.448 e. The zero-order valence-electron chi connectivity index (χ0n) is 6.99. The standard InChI is InChI=1S/C8H13NO3/c10-8-9(3-6-12-8)7-1-4-11-5-2-7/h7H,1-6H2. The smallest absolute Gasteiger partial charge is 0.410 e. The van der Waals surface area contributed by atoms with E-state index in [1.807, 2.05) is 4.90 Å². The van der Waals surface area contributed by atoms with Crippen LogP contribution in [0.3, 0.4) is 0 Å². The molecule has 2 saturated heterocycles. The summed E-state index contributed by atoms with van der Waals surface area (Å²) in [6.45, 7) is 2.85. The lowest BCUT2D eigenvalue weighted by Gasteiger charge is -2.28. The molecule has 2 rings (SSSR count). The molecule has 0 aromatic rings. The number of nitrogens with zero attached hydrogens (tertiary/aromatic N) is 1. The normalized spacial score (nSPS) is 26.0. The van der Waals surface area contributed by atoms with Crippen LogP contribution in [0.25, 0.3) is 0 Å². The van der Waals surface area contributed by atoms with Crippen molar-refractivity contribution in [3.63, 3.8) is 0 Å². The van der Waals surface area contributed by atoms with Crippen molar-refractivity contribution in [3.05, 3.63) is 0 Å². The van der Waals surface area contributed by atoms with Gasteiger partial charge >= 0.3 is 6.09 Å². The highest BCUT2D eigenvalue weighted by molar-refractivity contribution is 5.69. The minimum atomic E-state index is -0.151. The van der Waals surface area contributed by atoms with E-state index in [1.165, 1.54) is 0 Å². The fourth-order valence-electron chi connectivity index (χ4n) is 1.73. The summed E-state index contributed by atoms with van der Waals surface area (Å²) in [5.41, 5.74) is 0. The van der Waals surface area contributed by atoms with E-state index < -0.39 is 0 Å². The Bertz CT molecular complexity index is 177. The van der Waals surface area contributed by atoms with Gasteiger partial charge in [-0.25, -0.2) is 4.79 Å². The van der Waals surface area contributed by atoms with Crippen molar-refractivity contribution in [3.8, 4) is 0 Å². The van der Waals surface area contributed by atoms with Crippen molar-refractivity contribution in [1.82, 2.24) is 4.90 Å². The Kier molecular flexibility index (Phi) is 2.17. The summed E-state index contributed by atoms with van der Waals surface area (Å²) < 4.78 is 10.1. The van der Waals surface area contributed by atoms with E-state index in [2.05, 4.69) is 0 Å². The van der Waals surface area contributed by atoms with E-state index in [4.69, 9.17) is 9.47 Å². The van der Waals surface area contributed by atoms with Crippen molar-refractivity contribution >= 4 is 6.09 Å². The summed E-state index contributed by atoms with van der Waals surface area (Å²) in [7, 11) is 0. The van der Waals surface area contributed by atoms with E-state index >= 15 is 0 Å². The molecular formula is C8H13NO3. The Balaban J connectivity index is 1.93. The van der Waals surface area contributed by atoms with Gasteiger partial charge in [0.05, 0.1) is 6.54 Å². The van der Waals surface area contributed by atoms with Crippen LogP contribution in [0.2, 0.25) is 0 Å². The summed E-state index contributed by atoms with van der Waals surface area (Å²) in [6.07, 6.45) is 1.76. The molecule has 0 spiro atoms. The number of carbonyl (C=O) groups is 1. The van der Waals surface area contributed by atoms with Crippen LogP contribution in [0.4, 0.5) is 4.79 Å². The van der Waals surface area contributed by atoms with Crippen LogP contribution in [0.5, 0.6) is 0 Å². The molecule has 0 unspecified atom stereocenters. The van der Waals surface area contributed by atoms with Crippen LogP contribution in [-0.2, 0) is 9.47 Å². The number of cyclic esters (lactones) is 1. The number of hydrogen-bond acceptors (Lipinski definition) is 3. The third-order valence-corrected chi connectivity index (χ3v) is 2.42. The first-order valence-corrected chi connectivity index (χ1v) is 4.39. The van der Waals surface area contributed by atoms with Gasteiger partial charge in [-0.3, -0.25) is 0 Å². The molecule has 2 aliphatic heterocycles. The Morgan fingerprint density at radius 1 is 1.25 bits per heavy atom. The molecule has 0 saturated carbocycles. The Morgan fingerprint density at radius 3 is 2.58 bits per heavy atom. The molecule has 2 heterocycles. The topological polar surface area (TPSA) is 38.8 Å². The first-order valence-electron chi connectivity index (χ1n) is 4.39. The van der Waals surface area contributed by atoms with E-state index in [1.54, 1.807) is 0 Å². The summed E-state index contributed by atoms with van der Waals surface area (Å²) in [5, 5.41) is 0. The van der Waals surface area contributed by atoms with E-state index in [0.717, 1.165) is 32.6 Å². The lowest BCUT2D eigenvalue weighted by Crippen LogP contribution is -2.39. The molecule has 68 valence electrons. The van der Waals surface area contributed by atoms with Crippen LogP contribution in [0, 0.1) is 0 Å². The predicted molar refractivity (Wildman–Crippen MR) is 41.9 cm³/mol. The van der Waals surface area contributed by atoms with Gasteiger partial charge in [0.1, 0.15) is 6.61 Å². The average Bonchev–Trinajstić information content (AvgIpc) is 2.53. The summed E-state index contributed by atoms with van der Waals surface area (Å²) in [5.74, 6) is 0. The van der Waals surface area contributed by atoms with Crippen LogP contribution in [0.1, 0.15) is 12.8 Å². The van der Waals surface area contributed by atoms with Crippen molar-refractivity contribution in [2.45, 2.75) is 18.9 Å². The van der Waals surface area contributed by atoms with Crippen molar-refractivity contribution in [2.75, 3.05) is 26.4 Å². The van der Waals surface area contributed by atoms with Crippen LogP contribution >= 0.6 is 0 Å². The lowest BCUT2D eigenvalue weighted by molar-refractivity contribution is 0.0487. The van der Waals surface area contributed by atoms with Gasteiger partial charge in [0.25, 0.3) is 0 Å². The summed E-state index contributed by atoms with van der Waals surface area (Å²) >= 11 is 0. The first-order chi connectivity index (χ1) is 5.88. The SMILES string of the molecule is O=C1OCCN1C1CCOCC1. The second-order valence-electron chi connectivity index (χ2n) is 3.15. The quantitative estimate of drug-likeness (QED) is 0.580. The number of rotatable bonds is 1. The third-order valence-electron chi connectivity index (χ3n) is 2.42. The highest BCUT2D eigenvalue weighted by Crippen LogP contribution is 2.17. The second kappa shape index (κ2) is 3.31. The zero-order valence-corrected chi connectivity index (χ0v) is 6.99. The maximum absolute atomic E-state index is 11.1. The molecule has 4 heteroatoms. The van der Waals surface area contributed by atoms with Gasteiger partial charge < -0.3 is 14.4 Å². The van der Waals surface area contributed by atoms with Gasteiger partial charge in [0.15, 0.2) is 0 Å². The number of hydrogen-bond donors (Lipinski definition) is 0. The molecule has 2 fully saturated rings. The Morgan fingerprint density at radius 2 is 2.00 bits per heavy atom. The van der Waals surface area contributed by atoms with Crippen molar-refractivity contribution in [2.24, 2.45) is 0 Å². The monoisotopic (exact) mass is 171 g/mol. The number of amides is 1. The van der Waals surface area contributed by atoms with E-state index in [-0.39, 0.29) is 6.09 Å². The van der Waals surface area contributed by atoms with Gasteiger partial charge in [0.2, 0.25) is 0 Å². The maximum atomic E-state index is 11.1. The highest BCUT2D eigenvalue weighted by atomic mass is 16.6. The molecule has 0 bridgehead atoms. The Labute approximate surface area is 71.4 Å². The molecule has 0 aromatic heterocycles. The summed E-state index contributed by atoms with van der Waals surface area (Å²) in [4.78, 5) is 13.0. The van der Waals surface area contributed by atoms with E-state index in [0.29, 0.717) is 12.6 Å². The molecule has 1 amide bonds. The maximum Gasteiger partial charge on any atom is 0.410 e. The molecule has 0 aromatic carbocycles. The number of ether oxygens (including phenoxy) is 2. The Hall–Kier alpha value is -0.770. The van der Waals surface area contributed by atoms with Crippen LogP contribution < -0.4 is 0 Å².